The van der Waals surface area contributed by atoms with Crippen molar-refractivity contribution in [2.45, 2.75) is 30.7 Å². The van der Waals surface area contributed by atoms with Crippen LogP contribution < -0.4 is 4.74 Å². The van der Waals surface area contributed by atoms with E-state index >= 15 is 8.78 Å². The lowest BCUT2D eigenvalue weighted by molar-refractivity contribution is -0.00390. The van der Waals surface area contributed by atoms with Crippen LogP contribution in [0.1, 0.15) is 12.5 Å². The van der Waals surface area contributed by atoms with Gasteiger partial charge in [-0.3, -0.25) is 0 Å². The van der Waals surface area contributed by atoms with E-state index in [1.807, 2.05) is 24.3 Å². The normalized spacial score (nSPS) is 19.8. The number of nitrogens with zero attached hydrogens (tertiary/aromatic N) is 1. The molecule has 0 bridgehead atoms. The summed E-state index contributed by atoms with van der Waals surface area (Å²) < 4.78 is 41.3. The van der Waals surface area contributed by atoms with Crippen molar-refractivity contribution in [2.75, 3.05) is 26.4 Å². The first-order valence-corrected chi connectivity index (χ1v) is 12.2. The van der Waals surface area contributed by atoms with Gasteiger partial charge in [0.15, 0.2) is 11.9 Å². The van der Waals surface area contributed by atoms with E-state index in [9.17, 15) is 20.4 Å². The predicted octanol–water partition coefficient (Wildman–Crippen LogP) is 2.92. The fourth-order valence-electron chi connectivity index (χ4n) is 4.57. The molecule has 8 nitrogen and oxygen atoms in total. The van der Waals surface area contributed by atoms with Gasteiger partial charge < -0.3 is 34.9 Å². The number of hydrogen-bond donors (Lipinski definition) is 5. The molecule has 4 aromatic rings. The average Bonchev–Trinajstić information content (AvgIpc) is 3.51. The van der Waals surface area contributed by atoms with Gasteiger partial charge in [-0.1, -0.05) is 55.5 Å². The van der Waals surface area contributed by atoms with Crippen molar-refractivity contribution >= 4 is 11.0 Å². The molecule has 1 saturated heterocycles. The highest BCUT2D eigenvalue weighted by molar-refractivity contribution is 5.84. The van der Waals surface area contributed by atoms with Crippen molar-refractivity contribution in [3.63, 3.8) is 0 Å². The maximum atomic E-state index is 15.5. The van der Waals surface area contributed by atoms with Crippen molar-refractivity contribution in [3.8, 4) is 28.3 Å². The maximum absolute atomic E-state index is 15.5. The van der Waals surface area contributed by atoms with Gasteiger partial charge in [-0.2, -0.15) is 4.98 Å². The fraction of sp³-hybridized carbons (Fsp3) is 0.321. The molecule has 3 atom stereocenters. The lowest BCUT2D eigenvalue weighted by Crippen LogP contribution is -2.36. The number of aliphatic hydroxyl groups excluding tert-OH is 4. The van der Waals surface area contributed by atoms with Gasteiger partial charge in [-0.15, -0.1) is 0 Å². The smallest absolute Gasteiger partial charge is 0.295 e. The molecule has 0 spiro atoms. The Morgan fingerprint density at radius 1 is 1.00 bits per heavy atom. The highest BCUT2D eigenvalue weighted by atomic mass is 19.1. The van der Waals surface area contributed by atoms with Gasteiger partial charge in [-0.25, -0.2) is 8.78 Å². The van der Waals surface area contributed by atoms with E-state index < -0.39 is 35.4 Å². The summed E-state index contributed by atoms with van der Waals surface area (Å²) in [5, 5.41) is 38.6. The van der Waals surface area contributed by atoms with Crippen LogP contribution in [0.5, 0.6) is 6.01 Å². The third-order valence-corrected chi connectivity index (χ3v) is 7.11. The summed E-state index contributed by atoms with van der Waals surface area (Å²) in [5.74, 6) is -1.63. The number of ether oxygens (including phenoxy) is 2. The lowest BCUT2D eigenvalue weighted by atomic mass is 9.83. The van der Waals surface area contributed by atoms with Gasteiger partial charge in [0.1, 0.15) is 23.5 Å². The molecule has 1 aliphatic rings. The summed E-state index contributed by atoms with van der Waals surface area (Å²) >= 11 is 0. The Hall–Kier alpha value is -3.41. The van der Waals surface area contributed by atoms with Crippen LogP contribution in [-0.2, 0) is 10.2 Å². The number of rotatable bonds is 8. The number of halogens is 2. The lowest BCUT2D eigenvalue weighted by Gasteiger charge is -2.25. The molecule has 38 heavy (non-hydrogen) atoms. The predicted molar refractivity (Wildman–Crippen MR) is 136 cm³/mol. The number of aromatic nitrogens is 2. The van der Waals surface area contributed by atoms with Crippen LogP contribution in [0.3, 0.4) is 0 Å². The van der Waals surface area contributed by atoms with E-state index in [1.165, 1.54) is 0 Å². The fourth-order valence-corrected chi connectivity index (χ4v) is 4.57. The molecule has 1 fully saturated rings. The minimum Gasteiger partial charge on any atom is -0.456 e. The van der Waals surface area contributed by atoms with Crippen molar-refractivity contribution in [3.05, 3.63) is 71.8 Å². The summed E-state index contributed by atoms with van der Waals surface area (Å²) in [6, 6.07) is 15.2. The standard InChI is InChI=1S/C28H28F2N2O6/c1-28(13-34,14-35)18-8-6-16(7-9-18)15-2-4-17(5-3-15)23-19(29)10-20-25(24(23)30)32-27(31-20)38-22-12-37-21(11-33)26(22)36/h2-10,21-22,26,33-36H,11-14H2,1H3,(H,31,32)/t21-,22?,26-/m1/s1. The number of benzene rings is 3. The molecule has 1 unspecified atom stereocenters. The zero-order chi connectivity index (χ0) is 27.0. The summed E-state index contributed by atoms with van der Waals surface area (Å²) in [6.45, 7) is 1.03. The highest BCUT2D eigenvalue weighted by Crippen LogP contribution is 2.34. The average molecular weight is 527 g/mol. The van der Waals surface area contributed by atoms with Gasteiger partial charge >= 0.3 is 0 Å². The number of aromatic amines is 1. The first kappa shape index (κ1) is 26.2. The van der Waals surface area contributed by atoms with Crippen LogP contribution in [0.4, 0.5) is 8.78 Å². The molecule has 0 aliphatic carbocycles. The van der Waals surface area contributed by atoms with Crippen molar-refractivity contribution in [2.24, 2.45) is 0 Å². The molecule has 0 saturated carbocycles. The van der Waals surface area contributed by atoms with Crippen LogP contribution in [0.15, 0.2) is 54.6 Å². The maximum Gasteiger partial charge on any atom is 0.295 e. The van der Waals surface area contributed by atoms with E-state index in [0.29, 0.717) is 5.56 Å². The van der Waals surface area contributed by atoms with Gasteiger partial charge in [0.25, 0.3) is 6.01 Å². The van der Waals surface area contributed by atoms with Gasteiger partial charge in [0.2, 0.25) is 0 Å². The first-order valence-electron chi connectivity index (χ1n) is 12.2. The quantitative estimate of drug-likeness (QED) is 0.239. The second-order valence-corrected chi connectivity index (χ2v) is 9.72. The van der Waals surface area contributed by atoms with Crippen molar-refractivity contribution < 1.29 is 38.7 Å². The zero-order valence-corrected chi connectivity index (χ0v) is 20.6. The Bertz CT molecular complexity index is 1420. The van der Waals surface area contributed by atoms with Crippen molar-refractivity contribution in [1.82, 2.24) is 9.97 Å². The van der Waals surface area contributed by atoms with E-state index in [4.69, 9.17) is 9.47 Å². The van der Waals surface area contributed by atoms with E-state index in [0.717, 1.165) is 22.8 Å². The van der Waals surface area contributed by atoms with E-state index in [2.05, 4.69) is 9.97 Å². The summed E-state index contributed by atoms with van der Waals surface area (Å²) in [6.07, 6.45) is -2.69. The van der Waals surface area contributed by atoms with Crippen LogP contribution >= 0.6 is 0 Å². The Kier molecular flexibility index (Phi) is 7.17. The minimum absolute atomic E-state index is 0.0167. The van der Waals surface area contributed by atoms with Crippen LogP contribution in [0.25, 0.3) is 33.3 Å². The monoisotopic (exact) mass is 526 g/mol. The van der Waals surface area contributed by atoms with E-state index in [1.54, 1.807) is 31.2 Å². The summed E-state index contributed by atoms with van der Waals surface area (Å²) in [4.78, 5) is 6.83. The van der Waals surface area contributed by atoms with Crippen molar-refractivity contribution in [1.29, 1.82) is 0 Å². The van der Waals surface area contributed by atoms with Crippen LogP contribution in [-0.4, -0.2) is 75.1 Å². The Labute approximate surface area is 217 Å². The van der Waals surface area contributed by atoms with E-state index in [-0.39, 0.29) is 49.0 Å². The molecule has 0 radical (unpaired) electrons. The Morgan fingerprint density at radius 2 is 1.61 bits per heavy atom. The molecule has 200 valence electrons. The van der Waals surface area contributed by atoms with Gasteiger partial charge in [0, 0.05) is 11.5 Å². The number of aliphatic hydroxyl groups is 4. The highest BCUT2D eigenvalue weighted by Gasteiger charge is 2.37. The molecule has 1 aromatic heterocycles. The van der Waals surface area contributed by atoms with Crippen LogP contribution in [0.2, 0.25) is 0 Å². The number of hydrogen-bond acceptors (Lipinski definition) is 7. The third kappa shape index (κ3) is 4.65. The molecule has 10 heteroatoms. The molecule has 3 aromatic carbocycles. The third-order valence-electron chi connectivity index (χ3n) is 7.11. The summed E-state index contributed by atoms with van der Waals surface area (Å²) in [5.41, 5.74) is 1.82. The zero-order valence-electron chi connectivity index (χ0n) is 20.6. The Balaban J connectivity index is 1.40. The second kappa shape index (κ2) is 10.4. The molecule has 0 amide bonds. The van der Waals surface area contributed by atoms with Gasteiger partial charge in [0.05, 0.1) is 37.5 Å². The molecular weight excluding hydrogens is 498 g/mol. The largest absolute Gasteiger partial charge is 0.456 e. The van der Waals surface area contributed by atoms with Gasteiger partial charge in [-0.05, 0) is 22.3 Å². The molecular formula is C28H28F2N2O6. The molecule has 2 heterocycles. The number of nitrogens with one attached hydrogen (secondary N) is 1. The summed E-state index contributed by atoms with van der Waals surface area (Å²) in [7, 11) is 0. The number of fused-ring (bicyclic) bond motifs is 1. The topological polar surface area (TPSA) is 128 Å². The SMILES string of the molecule is CC(CO)(CO)c1ccc(-c2ccc(-c3c(F)cc4[nH]c(OC5CO[C@H](CO)[C@H]5O)nc4c3F)cc2)cc1. The van der Waals surface area contributed by atoms with Crippen LogP contribution in [0, 0.1) is 11.6 Å². The number of imidazole rings is 1. The number of H-pyrrole nitrogens is 1. The second-order valence-electron chi connectivity index (χ2n) is 9.72. The molecule has 1 aliphatic heterocycles. The minimum atomic E-state index is -1.09. The Morgan fingerprint density at radius 3 is 2.18 bits per heavy atom. The molecule has 5 rings (SSSR count). The molecule has 5 N–H and O–H groups in total. The first-order chi connectivity index (χ1) is 18.3.